The van der Waals surface area contributed by atoms with Crippen LogP contribution in [-0.4, -0.2) is 53.7 Å². The molecule has 2 amide bonds. The maximum atomic E-state index is 12.4. The van der Waals surface area contributed by atoms with E-state index in [1.807, 2.05) is 24.3 Å². The third-order valence-electron chi connectivity index (χ3n) is 5.12. The number of ether oxygens (including phenoxy) is 4. The predicted octanol–water partition coefficient (Wildman–Crippen LogP) is 3.97. The van der Waals surface area contributed by atoms with Crippen LogP contribution in [0.3, 0.4) is 0 Å². The van der Waals surface area contributed by atoms with Gasteiger partial charge in [-0.2, -0.15) is 0 Å². The van der Waals surface area contributed by atoms with Gasteiger partial charge < -0.3 is 34.5 Å². The number of rotatable bonds is 7. The number of benzene rings is 2. The molecule has 0 saturated carbocycles. The number of carbonyl (C=O) groups excluding carboxylic acids is 1. The van der Waals surface area contributed by atoms with Crippen LogP contribution in [0.4, 0.5) is 21.9 Å². The van der Waals surface area contributed by atoms with Crippen molar-refractivity contribution >= 4 is 23.1 Å². The summed E-state index contributed by atoms with van der Waals surface area (Å²) in [5.41, 5.74) is 2.34. The average Bonchev–Trinajstić information content (AvgIpc) is 2.78. The number of amides is 2. The molecule has 8 nitrogen and oxygen atoms in total. The minimum atomic E-state index is -0.366. The lowest BCUT2D eigenvalue weighted by Gasteiger charge is -2.33. The minimum Gasteiger partial charge on any atom is -0.493 e. The van der Waals surface area contributed by atoms with E-state index in [0.29, 0.717) is 28.6 Å². The zero-order chi connectivity index (χ0) is 21.5. The third kappa shape index (κ3) is 5.07. The standard InChI is InChI=1S/C22H29N3O5/c1-27-18-6-5-11-25(14-18)17-9-7-15(8-10-17)23-22(26)24-16-12-19(28-2)21(30-4)20(13-16)29-3/h7-10,12-13,18H,5-6,11,14H2,1-4H3,(H2,23,24,26). The zero-order valence-corrected chi connectivity index (χ0v) is 17.9. The fourth-order valence-electron chi connectivity index (χ4n) is 3.57. The Bertz CT molecular complexity index is 831. The van der Waals surface area contributed by atoms with Crippen LogP contribution in [0.1, 0.15) is 12.8 Å². The molecule has 1 aliphatic rings. The van der Waals surface area contributed by atoms with E-state index in [-0.39, 0.29) is 12.1 Å². The Balaban J connectivity index is 1.64. The van der Waals surface area contributed by atoms with Gasteiger partial charge in [0.1, 0.15) is 0 Å². The minimum absolute atomic E-state index is 0.265. The van der Waals surface area contributed by atoms with Crippen molar-refractivity contribution in [3.63, 3.8) is 0 Å². The van der Waals surface area contributed by atoms with Gasteiger partial charge in [-0.1, -0.05) is 0 Å². The summed E-state index contributed by atoms with van der Waals surface area (Å²) in [7, 11) is 6.34. The summed E-state index contributed by atoms with van der Waals surface area (Å²) < 4.78 is 21.4. The molecular formula is C22H29N3O5. The maximum Gasteiger partial charge on any atom is 0.323 e. The largest absolute Gasteiger partial charge is 0.493 e. The van der Waals surface area contributed by atoms with Crippen molar-refractivity contribution in [3.8, 4) is 17.2 Å². The second-order valence-corrected chi connectivity index (χ2v) is 6.99. The van der Waals surface area contributed by atoms with Crippen molar-refractivity contribution in [1.82, 2.24) is 0 Å². The molecule has 2 aromatic rings. The maximum absolute atomic E-state index is 12.4. The van der Waals surface area contributed by atoms with Crippen molar-refractivity contribution in [2.45, 2.75) is 18.9 Å². The van der Waals surface area contributed by atoms with Gasteiger partial charge >= 0.3 is 6.03 Å². The van der Waals surface area contributed by atoms with Gasteiger partial charge in [-0.15, -0.1) is 0 Å². The van der Waals surface area contributed by atoms with E-state index >= 15 is 0 Å². The molecule has 162 valence electrons. The van der Waals surface area contributed by atoms with E-state index in [1.54, 1.807) is 19.2 Å². The van der Waals surface area contributed by atoms with E-state index in [4.69, 9.17) is 18.9 Å². The van der Waals surface area contributed by atoms with Crippen LogP contribution in [0.5, 0.6) is 17.2 Å². The van der Waals surface area contributed by atoms with Crippen LogP contribution in [0, 0.1) is 0 Å². The number of nitrogens with zero attached hydrogens (tertiary/aromatic N) is 1. The Labute approximate surface area is 177 Å². The molecule has 1 atom stereocenters. The number of methoxy groups -OCH3 is 4. The molecule has 0 spiro atoms. The smallest absolute Gasteiger partial charge is 0.323 e. The summed E-state index contributed by atoms with van der Waals surface area (Å²) in [4.78, 5) is 14.7. The van der Waals surface area contributed by atoms with Crippen LogP contribution < -0.4 is 29.7 Å². The zero-order valence-electron chi connectivity index (χ0n) is 17.9. The van der Waals surface area contributed by atoms with Crippen molar-refractivity contribution in [2.75, 3.05) is 57.1 Å². The third-order valence-corrected chi connectivity index (χ3v) is 5.12. The summed E-state index contributed by atoms with van der Waals surface area (Å²) in [6.07, 6.45) is 2.46. The molecule has 2 N–H and O–H groups in total. The van der Waals surface area contributed by atoms with E-state index in [0.717, 1.165) is 31.6 Å². The Kier molecular flexibility index (Phi) is 7.24. The Morgan fingerprint density at radius 1 is 0.933 bits per heavy atom. The molecule has 8 heteroatoms. The van der Waals surface area contributed by atoms with Crippen molar-refractivity contribution in [1.29, 1.82) is 0 Å². The first-order valence-corrected chi connectivity index (χ1v) is 9.83. The van der Waals surface area contributed by atoms with Gasteiger partial charge in [0, 0.05) is 43.7 Å². The van der Waals surface area contributed by atoms with Crippen molar-refractivity contribution in [3.05, 3.63) is 36.4 Å². The van der Waals surface area contributed by atoms with Gasteiger partial charge in [-0.3, -0.25) is 0 Å². The summed E-state index contributed by atoms with van der Waals surface area (Å²) in [6.45, 7) is 1.89. The molecule has 2 aromatic carbocycles. The van der Waals surface area contributed by atoms with Gasteiger partial charge in [0.05, 0.1) is 33.1 Å². The number of piperidine rings is 1. The lowest BCUT2D eigenvalue weighted by molar-refractivity contribution is 0.0893. The van der Waals surface area contributed by atoms with Crippen molar-refractivity contribution in [2.24, 2.45) is 0 Å². The molecule has 0 bridgehead atoms. The van der Waals surface area contributed by atoms with E-state index < -0.39 is 0 Å². The second-order valence-electron chi connectivity index (χ2n) is 6.99. The van der Waals surface area contributed by atoms with Gasteiger partial charge in [0.15, 0.2) is 11.5 Å². The molecule has 1 heterocycles. The number of nitrogens with one attached hydrogen (secondary N) is 2. The summed E-state index contributed by atoms with van der Waals surface area (Å²) in [5, 5.41) is 5.63. The molecule has 3 rings (SSSR count). The highest BCUT2D eigenvalue weighted by Crippen LogP contribution is 2.40. The molecule has 1 saturated heterocycles. The first-order valence-electron chi connectivity index (χ1n) is 9.83. The lowest BCUT2D eigenvalue weighted by Crippen LogP contribution is -2.39. The molecule has 30 heavy (non-hydrogen) atoms. The number of urea groups is 1. The van der Waals surface area contributed by atoms with Crippen LogP contribution >= 0.6 is 0 Å². The quantitative estimate of drug-likeness (QED) is 0.712. The molecule has 0 aromatic heterocycles. The van der Waals surface area contributed by atoms with Gasteiger partial charge in [-0.25, -0.2) is 4.79 Å². The predicted molar refractivity (Wildman–Crippen MR) is 117 cm³/mol. The molecule has 1 unspecified atom stereocenters. The molecule has 0 aliphatic carbocycles. The number of hydrogen-bond acceptors (Lipinski definition) is 6. The van der Waals surface area contributed by atoms with Gasteiger partial charge in [0.25, 0.3) is 0 Å². The van der Waals surface area contributed by atoms with E-state index in [1.165, 1.54) is 21.3 Å². The monoisotopic (exact) mass is 415 g/mol. The first-order chi connectivity index (χ1) is 14.6. The van der Waals surface area contributed by atoms with E-state index in [9.17, 15) is 4.79 Å². The van der Waals surface area contributed by atoms with Gasteiger partial charge in [0.2, 0.25) is 5.75 Å². The average molecular weight is 415 g/mol. The fraction of sp³-hybridized carbons (Fsp3) is 0.409. The molecule has 1 aliphatic heterocycles. The topological polar surface area (TPSA) is 81.3 Å². The fourth-order valence-corrected chi connectivity index (χ4v) is 3.57. The van der Waals surface area contributed by atoms with Crippen LogP contribution in [-0.2, 0) is 4.74 Å². The van der Waals surface area contributed by atoms with E-state index in [2.05, 4.69) is 15.5 Å². The highest BCUT2D eigenvalue weighted by atomic mass is 16.5. The summed E-state index contributed by atoms with van der Waals surface area (Å²) >= 11 is 0. The van der Waals surface area contributed by atoms with Gasteiger partial charge in [-0.05, 0) is 37.1 Å². The molecular weight excluding hydrogens is 386 g/mol. The number of carbonyl (C=O) groups is 1. The highest BCUT2D eigenvalue weighted by Gasteiger charge is 2.19. The second kappa shape index (κ2) is 10.1. The van der Waals surface area contributed by atoms with Crippen LogP contribution in [0.15, 0.2) is 36.4 Å². The number of hydrogen-bond donors (Lipinski definition) is 2. The highest BCUT2D eigenvalue weighted by molar-refractivity contribution is 6.00. The Morgan fingerprint density at radius 2 is 1.57 bits per heavy atom. The molecule has 1 fully saturated rings. The Hall–Kier alpha value is -3.13. The SMILES string of the molecule is COc1cc(NC(=O)Nc2ccc(N3CCCC(OC)C3)cc2)cc(OC)c1OC. The lowest BCUT2D eigenvalue weighted by atomic mass is 10.1. The normalized spacial score (nSPS) is 16.0. The summed E-state index contributed by atoms with van der Waals surface area (Å²) in [5.74, 6) is 1.40. The first kappa shape index (κ1) is 21.6. The number of anilines is 3. The van der Waals surface area contributed by atoms with Crippen molar-refractivity contribution < 1.29 is 23.7 Å². The summed E-state index contributed by atoms with van der Waals surface area (Å²) in [6, 6.07) is 10.8. The van der Waals surface area contributed by atoms with Crippen LogP contribution in [0.2, 0.25) is 0 Å². The molecule has 0 radical (unpaired) electrons. The van der Waals surface area contributed by atoms with Crippen LogP contribution in [0.25, 0.3) is 0 Å². The Morgan fingerprint density at radius 3 is 2.13 bits per heavy atom.